The molecule has 1 aliphatic rings. The molecule has 2 rings (SSSR count). The van der Waals surface area contributed by atoms with Gasteiger partial charge in [-0.2, -0.15) is 4.31 Å². The van der Waals surface area contributed by atoms with E-state index in [1.54, 1.807) is 0 Å². The minimum atomic E-state index is -3.97. The number of aliphatic hydroxyl groups excluding tert-OH is 1. The Bertz CT molecular complexity index is 808. The molecule has 0 radical (unpaired) electrons. The Hall–Kier alpha value is -0.270. The van der Waals surface area contributed by atoms with Gasteiger partial charge in [0.25, 0.3) is 10.0 Å². The molecule has 26 heavy (non-hydrogen) atoms. The van der Waals surface area contributed by atoms with Crippen LogP contribution in [0, 0.1) is 5.92 Å². The first kappa shape index (κ1) is 23.8. The number of halogens is 1. The quantitative estimate of drug-likeness (QED) is 0.507. The van der Waals surface area contributed by atoms with Gasteiger partial charge in [-0.1, -0.05) is 13.8 Å². The maximum absolute atomic E-state index is 12.8. The zero-order chi connectivity index (χ0) is 18.8. The highest BCUT2D eigenvalue weighted by molar-refractivity contribution is 7.94. The molecule has 152 valence electrons. The van der Waals surface area contributed by atoms with E-state index >= 15 is 0 Å². The molecule has 0 aliphatic carbocycles. The molecule has 1 unspecified atom stereocenters. The molecule has 1 aliphatic heterocycles. The summed E-state index contributed by atoms with van der Waals surface area (Å²) in [5, 5.41) is 17.4. The Balaban J connectivity index is 0.00000338. The number of thiophene rings is 1. The Labute approximate surface area is 165 Å². The van der Waals surface area contributed by atoms with Crippen molar-refractivity contribution in [3.05, 3.63) is 11.6 Å². The normalized spacial score (nSPS) is 20.0. The average molecular weight is 448 g/mol. The Morgan fingerprint density at radius 2 is 2.08 bits per heavy atom. The van der Waals surface area contributed by atoms with Crippen molar-refractivity contribution in [2.24, 2.45) is 11.1 Å². The van der Waals surface area contributed by atoms with Crippen LogP contribution >= 0.6 is 23.7 Å². The van der Waals surface area contributed by atoms with Gasteiger partial charge in [-0.25, -0.2) is 22.0 Å². The number of unbranched alkanes of at least 4 members (excludes halogenated alkanes) is 1. The van der Waals surface area contributed by atoms with E-state index in [0.29, 0.717) is 42.2 Å². The molecule has 0 bridgehead atoms. The molecule has 2 heterocycles. The zero-order valence-corrected chi connectivity index (χ0v) is 18.0. The van der Waals surface area contributed by atoms with Crippen molar-refractivity contribution >= 4 is 43.8 Å². The molecular weight excluding hydrogens is 422 g/mol. The smallest absolute Gasteiger partial charge is 0.252 e. The summed E-state index contributed by atoms with van der Waals surface area (Å²) in [5.74, 6) is 0.362. The van der Waals surface area contributed by atoms with Crippen LogP contribution in [0.4, 0.5) is 0 Å². The Kier molecular flexibility index (Phi) is 8.49. The van der Waals surface area contributed by atoms with Crippen molar-refractivity contribution in [3.63, 3.8) is 0 Å². The number of primary sulfonamides is 1. The molecule has 12 heteroatoms. The van der Waals surface area contributed by atoms with E-state index in [2.05, 4.69) is 5.32 Å². The van der Waals surface area contributed by atoms with E-state index in [-0.39, 0.29) is 46.6 Å². The van der Waals surface area contributed by atoms with Crippen LogP contribution in [-0.4, -0.2) is 52.5 Å². The van der Waals surface area contributed by atoms with Crippen molar-refractivity contribution in [1.82, 2.24) is 9.62 Å². The van der Waals surface area contributed by atoms with Crippen molar-refractivity contribution in [3.8, 4) is 0 Å². The summed E-state index contributed by atoms with van der Waals surface area (Å²) in [6.07, 6.45) is 1.05. The summed E-state index contributed by atoms with van der Waals surface area (Å²) in [6, 6.07) is 1.08. The monoisotopic (exact) mass is 447 g/mol. The molecule has 4 N–H and O–H groups in total. The molecule has 8 nitrogen and oxygen atoms in total. The van der Waals surface area contributed by atoms with Crippen molar-refractivity contribution in [2.75, 3.05) is 26.2 Å². The largest absolute Gasteiger partial charge is 0.396 e. The summed E-state index contributed by atoms with van der Waals surface area (Å²) in [5.41, 5.74) is 0.466. The van der Waals surface area contributed by atoms with Gasteiger partial charge in [0.05, 0.1) is 0 Å². The topological polar surface area (TPSA) is 130 Å². The predicted octanol–water partition coefficient (Wildman–Crippen LogP) is 0.881. The number of nitrogens with two attached hydrogens (primary N) is 1. The fourth-order valence-electron chi connectivity index (χ4n) is 2.63. The van der Waals surface area contributed by atoms with Crippen LogP contribution in [0.15, 0.2) is 14.5 Å². The summed E-state index contributed by atoms with van der Waals surface area (Å²) in [4.78, 5) is 0. The molecule has 1 aromatic rings. The summed E-state index contributed by atoms with van der Waals surface area (Å²) in [6.45, 7) is 5.27. The first-order chi connectivity index (χ1) is 11.6. The Morgan fingerprint density at radius 3 is 2.62 bits per heavy atom. The predicted molar refractivity (Wildman–Crippen MR) is 104 cm³/mol. The van der Waals surface area contributed by atoms with Gasteiger partial charge in [0.15, 0.2) is 0 Å². The van der Waals surface area contributed by atoms with Crippen LogP contribution in [0.1, 0.15) is 38.3 Å². The van der Waals surface area contributed by atoms with Gasteiger partial charge in [0.1, 0.15) is 8.42 Å². The summed E-state index contributed by atoms with van der Waals surface area (Å²) >= 11 is 0.698. The van der Waals surface area contributed by atoms with Crippen LogP contribution in [0.25, 0.3) is 0 Å². The van der Waals surface area contributed by atoms with Gasteiger partial charge in [-0.15, -0.1) is 23.7 Å². The number of aliphatic hydroxyl groups is 1. The second-order valence-electron chi connectivity index (χ2n) is 6.50. The zero-order valence-electron chi connectivity index (χ0n) is 14.7. The van der Waals surface area contributed by atoms with Gasteiger partial charge in [0, 0.05) is 31.3 Å². The number of hydrogen-bond donors (Lipinski definition) is 3. The molecule has 0 aromatic carbocycles. The summed E-state index contributed by atoms with van der Waals surface area (Å²) < 4.78 is 50.2. The average Bonchev–Trinajstić information content (AvgIpc) is 2.95. The highest BCUT2D eigenvalue weighted by Crippen LogP contribution is 2.40. The third kappa shape index (κ3) is 5.38. The first-order valence-electron chi connectivity index (χ1n) is 8.08. The molecule has 0 amide bonds. The van der Waals surface area contributed by atoms with E-state index in [9.17, 15) is 16.8 Å². The number of nitrogens with zero attached hydrogens (tertiary/aromatic N) is 1. The summed E-state index contributed by atoms with van der Waals surface area (Å²) in [7, 11) is -7.73. The van der Waals surface area contributed by atoms with Gasteiger partial charge >= 0.3 is 0 Å². The second kappa shape index (κ2) is 9.28. The lowest BCUT2D eigenvalue weighted by Gasteiger charge is -2.33. The lowest BCUT2D eigenvalue weighted by molar-refractivity contribution is 0.270. The van der Waals surface area contributed by atoms with E-state index in [0.717, 1.165) is 0 Å². The molecule has 1 atom stereocenters. The van der Waals surface area contributed by atoms with Gasteiger partial charge in [-0.3, -0.25) is 0 Å². The fraction of sp³-hybridized carbons (Fsp3) is 0.714. The number of nitrogens with one attached hydrogen (secondary N) is 1. The minimum Gasteiger partial charge on any atom is -0.396 e. The Morgan fingerprint density at radius 1 is 1.42 bits per heavy atom. The first-order valence-corrected chi connectivity index (χ1v) is 11.9. The van der Waals surface area contributed by atoms with Crippen molar-refractivity contribution in [2.45, 2.75) is 41.1 Å². The standard InChI is InChI=1S/C14H25N3O5S3.ClH/c1-10(2)8-16-12-9-17(5-3-4-6-18)25(21,22)14-11(12)7-13(23-14)24(15,19)20;/h7,10,12,16,18H,3-6,8-9H2,1-2H3,(H2,15,19,20);1H. The molecular formula is C14H26ClN3O5S3. The second-order valence-corrected chi connectivity index (χ2v) is 11.5. The number of fused-ring (bicyclic) bond motifs is 1. The minimum absolute atomic E-state index is 0. The maximum atomic E-state index is 12.8. The third-order valence-electron chi connectivity index (χ3n) is 3.91. The molecule has 0 saturated carbocycles. The number of sulfonamides is 2. The van der Waals surface area contributed by atoms with E-state index in [1.165, 1.54) is 10.4 Å². The molecule has 0 saturated heterocycles. The molecule has 1 aromatic heterocycles. The van der Waals surface area contributed by atoms with Crippen LogP contribution < -0.4 is 10.5 Å². The number of hydrogen-bond acceptors (Lipinski definition) is 7. The number of rotatable bonds is 8. The van der Waals surface area contributed by atoms with Crippen LogP contribution in [0.5, 0.6) is 0 Å². The highest BCUT2D eigenvalue weighted by atomic mass is 35.5. The van der Waals surface area contributed by atoms with Crippen molar-refractivity contribution < 1.29 is 21.9 Å². The highest BCUT2D eigenvalue weighted by Gasteiger charge is 2.39. The van der Waals surface area contributed by atoms with Gasteiger partial charge < -0.3 is 10.4 Å². The van der Waals surface area contributed by atoms with Gasteiger partial charge in [0.2, 0.25) is 10.0 Å². The maximum Gasteiger partial charge on any atom is 0.252 e. The van der Waals surface area contributed by atoms with Crippen LogP contribution in [0.3, 0.4) is 0 Å². The van der Waals surface area contributed by atoms with E-state index in [4.69, 9.17) is 10.2 Å². The third-order valence-corrected chi connectivity index (χ3v) is 8.87. The SMILES string of the molecule is CC(C)CNC1CN(CCCCO)S(=O)(=O)c2sc(S(N)(=O)=O)cc21.Cl. The fourth-order valence-corrected chi connectivity index (χ4v) is 6.94. The molecule has 0 spiro atoms. The van der Waals surface area contributed by atoms with Gasteiger partial charge in [-0.05, 0) is 31.4 Å². The van der Waals surface area contributed by atoms with Crippen molar-refractivity contribution in [1.29, 1.82) is 0 Å². The lowest BCUT2D eigenvalue weighted by atomic mass is 10.1. The molecule has 0 fully saturated rings. The van der Waals surface area contributed by atoms with E-state index in [1.807, 2.05) is 13.8 Å². The van der Waals surface area contributed by atoms with E-state index < -0.39 is 20.0 Å². The van der Waals surface area contributed by atoms with Crippen LogP contribution in [0.2, 0.25) is 0 Å². The lowest BCUT2D eigenvalue weighted by Crippen LogP contribution is -2.44. The van der Waals surface area contributed by atoms with Crippen LogP contribution in [-0.2, 0) is 20.0 Å².